The topological polar surface area (TPSA) is 58.4 Å². The summed E-state index contributed by atoms with van der Waals surface area (Å²) in [4.78, 5) is 14.0. The Balaban J connectivity index is 2.05. The van der Waals surface area contributed by atoms with Gasteiger partial charge in [0, 0.05) is 19.2 Å². The number of hydrogen-bond acceptors (Lipinski definition) is 4. The van der Waals surface area contributed by atoms with E-state index in [0.717, 1.165) is 16.8 Å². The average Bonchev–Trinajstić information content (AvgIpc) is 2.89. The van der Waals surface area contributed by atoms with E-state index in [1.54, 1.807) is 4.90 Å². The number of benzene rings is 1. The quantitative estimate of drug-likeness (QED) is 0.912. The fourth-order valence-corrected chi connectivity index (χ4v) is 2.68. The Morgan fingerprint density at radius 3 is 2.73 bits per heavy atom. The van der Waals surface area contributed by atoms with Crippen molar-refractivity contribution in [1.82, 2.24) is 9.78 Å². The molecule has 0 saturated carbocycles. The second-order valence-electron chi connectivity index (χ2n) is 5.04. The molecule has 1 saturated heterocycles. The van der Waals surface area contributed by atoms with Gasteiger partial charge in [0.15, 0.2) is 5.82 Å². The molecule has 1 aromatic carbocycles. The van der Waals surface area contributed by atoms with Gasteiger partial charge in [-0.3, -0.25) is 4.79 Å². The number of β-amino-alcohol motifs (C(OH)–C–C–N with tert-alkyl or cyclic N) is 1. The molecule has 0 unspecified atom stereocenters. The van der Waals surface area contributed by atoms with Gasteiger partial charge in [0.25, 0.3) is 5.56 Å². The Kier molecular flexibility index (Phi) is 3.84. The Hall–Kier alpha value is -1.99. The third-order valence-corrected chi connectivity index (χ3v) is 3.90. The van der Waals surface area contributed by atoms with Gasteiger partial charge in [-0.2, -0.15) is 9.78 Å². The highest BCUT2D eigenvalue weighted by molar-refractivity contribution is 6.33. The molecule has 1 aromatic heterocycles. The lowest BCUT2D eigenvalue weighted by atomic mass is 10.3. The van der Waals surface area contributed by atoms with Crippen LogP contribution < -0.4 is 10.5 Å². The minimum Gasteiger partial charge on any atom is -0.391 e. The minimum absolute atomic E-state index is 0.118. The molecule has 0 radical (unpaired) electrons. The third kappa shape index (κ3) is 2.57. The SMILES string of the molecule is O=c1c(Cl)c(N2CC[C@H](O)C2)cnn1-c1ccc(F)cc1F. The van der Waals surface area contributed by atoms with Crippen molar-refractivity contribution in [1.29, 1.82) is 0 Å². The fraction of sp³-hybridized carbons (Fsp3) is 0.286. The molecule has 3 rings (SSSR count). The second kappa shape index (κ2) is 5.66. The van der Waals surface area contributed by atoms with E-state index in [-0.39, 0.29) is 10.7 Å². The molecule has 2 heterocycles. The van der Waals surface area contributed by atoms with Crippen LogP contribution in [0.15, 0.2) is 29.2 Å². The van der Waals surface area contributed by atoms with Crippen molar-refractivity contribution in [3.63, 3.8) is 0 Å². The summed E-state index contributed by atoms with van der Waals surface area (Å²) >= 11 is 6.07. The zero-order valence-corrected chi connectivity index (χ0v) is 12.1. The first-order valence-corrected chi connectivity index (χ1v) is 7.01. The first kappa shape index (κ1) is 14.9. The lowest BCUT2D eigenvalue weighted by molar-refractivity contribution is 0.198. The molecular formula is C14H12ClF2N3O2. The van der Waals surface area contributed by atoms with Gasteiger partial charge >= 0.3 is 0 Å². The highest BCUT2D eigenvalue weighted by Gasteiger charge is 2.24. The monoisotopic (exact) mass is 327 g/mol. The van der Waals surface area contributed by atoms with E-state index < -0.39 is 23.3 Å². The number of hydrogen-bond donors (Lipinski definition) is 1. The van der Waals surface area contributed by atoms with Crippen LogP contribution in [0.5, 0.6) is 0 Å². The first-order chi connectivity index (χ1) is 10.5. The van der Waals surface area contributed by atoms with Crippen molar-refractivity contribution >= 4 is 17.3 Å². The molecule has 0 aliphatic carbocycles. The molecule has 1 atom stereocenters. The summed E-state index contributed by atoms with van der Waals surface area (Å²) in [6, 6.07) is 2.82. The third-order valence-electron chi connectivity index (χ3n) is 3.54. The van der Waals surface area contributed by atoms with Crippen molar-refractivity contribution in [2.75, 3.05) is 18.0 Å². The average molecular weight is 328 g/mol. The molecule has 0 bridgehead atoms. The number of halogens is 3. The van der Waals surface area contributed by atoms with Crippen LogP contribution in [0.3, 0.4) is 0 Å². The summed E-state index contributed by atoms with van der Waals surface area (Å²) in [6.07, 6.45) is 1.43. The van der Waals surface area contributed by atoms with Crippen LogP contribution in [-0.2, 0) is 0 Å². The Labute approximate surface area is 129 Å². The maximum absolute atomic E-state index is 13.8. The highest BCUT2D eigenvalue weighted by Crippen LogP contribution is 2.25. The molecule has 1 aliphatic rings. The van der Waals surface area contributed by atoms with Crippen LogP contribution in [0.4, 0.5) is 14.5 Å². The van der Waals surface area contributed by atoms with E-state index in [4.69, 9.17) is 11.6 Å². The van der Waals surface area contributed by atoms with Crippen LogP contribution in [0, 0.1) is 11.6 Å². The van der Waals surface area contributed by atoms with Crippen molar-refractivity contribution in [3.05, 3.63) is 51.4 Å². The largest absolute Gasteiger partial charge is 0.391 e. The predicted octanol–water partition coefficient (Wildman–Crippen LogP) is 1.74. The van der Waals surface area contributed by atoms with E-state index in [1.165, 1.54) is 6.20 Å². The molecule has 116 valence electrons. The van der Waals surface area contributed by atoms with E-state index in [9.17, 15) is 18.7 Å². The van der Waals surface area contributed by atoms with Crippen molar-refractivity contribution in [2.24, 2.45) is 0 Å². The summed E-state index contributed by atoms with van der Waals surface area (Å²) in [5, 5.41) is 13.3. The van der Waals surface area contributed by atoms with E-state index in [1.807, 2.05) is 0 Å². The summed E-state index contributed by atoms with van der Waals surface area (Å²) in [6.45, 7) is 0.909. The van der Waals surface area contributed by atoms with Crippen molar-refractivity contribution in [3.8, 4) is 5.69 Å². The zero-order chi connectivity index (χ0) is 15.9. The molecule has 22 heavy (non-hydrogen) atoms. The molecule has 5 nitrogen and oxygen atoms in total. The molecule has 1 aliphatic heterocycles. The normalized spacial score (nSPS) is 18.0. The highest BCUT2D eigenvalue weighted by atomic mass is 35.5. The van der Waals surface area contributed by atoms with E-state index in [0.29, 0.717) is 31.3 Å². The molecule has 0 amide bonds. The van der Waals surface area contributed by atoms with Gasteiger partial charge in [-0.25, -0.2) is 8.78 Å². The van der Waals surface area contributed by atoms with Crippen LogP contribution in [0.25, 0.3) is 5.69 Å². The standard InChI is InChI=1S/C14H12ClF2N3O2/c15-13-12(19-4-3-9(21)7-19)6-18-20(14(13)22)11-2-1-8(16)5-10(11)17/h1-2,5-6,9,21H,3-4,7H2/t9-/m0/s1. The second-order valence-corrected chi connectivity index (χ2v) is 5.42. The fourth-order valence-electron chi connectivity index (χ4n) is 2.43. The lowest BCUT2D eigenvalue weighted by Crippen LogP contribution is -2.28. The van der Waals surface area contributed by atoms with Gasteiger partial charge in [0.05, 0.1) is 18.0 Å². The van der Waals surface area contributed by atoms with Crippen LogP contribution in [-0.4, -0.2) is 34.1 Å². The number of anilines is 1. The summed E-state index contributed by atoms with van der Waals surface area (Å²) < 4.78 is 27.5. The lowest BCUT2D eigenvalue weighted by Gasteiger charge is -2.19. The summed E-state index contributed by atoms with van der Waals surface area (Å²) in [5.74, 6) is -1.65. The minimum atomic E-state index is -0.907. The van der Waals surface area contributed by atoms with E-state index in [2.05, 4.69) is 5.10 Å². The van der Waals surface area contributed by atoms with Gasteiger partial charge in [0.2, 0.25) is 0 Å². The van der Waals surface area contributed by atoms with Gasteiger partial charge in [0.1, 0.15) is 16.5 Å². The van der Waals surface area contributed by atoms with Crippen LogP contribution in [0.1, 0.15) is 6.42 Å². The van der Waals surface area contributed by atoms with Gasteiger partial charge in [-0.15, -0.1) is 0 Å². The van der Waals surface area contributed by atoms with Crippen molar-refractivity contribution < 1.29 is 13.9 Å². The van der Waals surface area contributed by atoms with Crippen molar-refractivity contribution in [2.45, 2.75) is 12.5 Å². The maximum atomic E-state index is 13.8. The number of aliphatic hydroxyl groups is 1. The maximum Gasteiger partial charge on any atom is 0.292 e. The Morgan fingerprint density at radius 1 is 1.32 bits per heavy atom. The summed E-state index contributed by atoms with van der Waals surface area (Å²) in [7, 11) is 0. The van der Waals surface area contributed by atoms with Gasteiger partial charge in [-0.05, 0) is 18.6 Å². The molecule has 8 heteroatoms. The van der Waals surface area contributed by atoms with Gasteiger partial charge in [-0.1, -0.05) is 11.6 Å². The molecule has 0 spiro atoms. The predicted molar refractivity (Wildman–Crippen MR) is 77.6 cm³/mol. The molecule has 2 aromatic rings. The summed E-state index contributed by atoms with van der Waals surface area (Å²) in [5.41, 5.74) is -0.491. The van der Waals surface area contributed by atoms with Gasteiger partial charge < -0.3 is 10.0 Å². The van der Waals surface area contributed by atoms with E-state index >= 15 is 0 Å². The Bertz CT molecular complexity index is 781. The molecule has 1 fully saturated rings. The first-order valence-electron chi connectivity index (χ1n) is 6.63. The van der Waals surface area contributed by atoms with Crippen LogP contribution in [0.2, 0.25) is 5.02 Å². The number of aromatic nitrogens is 2. The Morgan fingerprint density at radius 2 is 2.09 bits per heavy atom. The number of aliphatic hydroxyl groups excluding tert-OH is 1. The number of nitrogens with zero attached hydrogens (tertiary/aromatic N) is 3. The smallest absolute Gasteiger partial charge is 0.292 e. The molecule has 1 N–H and O–H groups in total. The van der Waals surface area contributed by atoms with Crippen LogP contribution >= 0.6 is 11.6 Å². The molecular weight excluding hydrogens is 316 g/mol. The number of rotatable bonds is 2. The zero-order valence-electron chi connectivity index (χ0n) is 11.3.